The van der Waals surface area contributed by atoms with Gasteiger partial charge in [-0.3, -0.25) is 19.3 Å². The average molecular weight is 281 g/mol. The van der Waals surface area contributed by atoms with Crippen molar-refractivity contribution in [1.29, 1.82) is 0 Å². The molecule has 0 saturated carbocycles. The van der Waals surface area contributed by atoms with Crippen molar-refractivity contribution in [2.75, 3.05) is 11.9 Å². The number of imide groups is 1. The molecule has 0 saturated heterocycles. The van der Waals surface area contributed by atoms with Gasteiger partial charge < -0.3 is 5.32 Å². The zero-order valence-electron chi connectivity index (χ0n) is 10.9. The van der Waals surface area contributed by atoms with Gasteiger partial charge in [-0.05, 0) is 24.3 Å². The summed E-state index contributed by atoms with van der Waals surface area (Å²) >= 11 is 0. The monoisotopic (exact) mass is 281 g/mol. The quantitative estimate of drug-likeness (QED) is 0.860. The molecule has 104 valence electrons. The maximum absolute atomic E-state index is 12.1. The SMILES string of the molecule is O=C(CN1C(=O)c2ccccc2C1=O)Nc1ccccn1. The van der Waals surface area contributed by atoms with E-state index in [-0.39, 0.29) is 6.54 Å². The summed E-state index contributed by atoms with van der Waals surface area (Å²) in [5, 5.41) is 2.54. The third-order valence-electron chi connectivity index (χ3n) is 3.11. The fraction of sp³-hybridized carbons (Fsp3) is 0.0667. The molecule has 3 rings (SSSR count). The summed E-state index contributed by atoms with van der Waals surface area (Å²) in [7, 11) is 0. The molecule has 1 aromatic heterocycles. The van der Waals surface area contributed by atoms with Crippen LogP contribution in [-0.2, 0) is 4.79 Å². The molecule has 1 N–H and O–H groups in total. The van der Waals surface area contributed by atoms with Crippen molar-refractivity contribution >= 4 is 23.5 Å². The van der Waals surface area contributed by atoms with Gasteiger partial charge in [-0.15, -0.1) is 0 Å². The van der Waals surface area contributed by atoms with E-state index < -0.39 is 17.7 Å². The van der Waals surface area contributed by atoms with E-state index in [1.807, 2.05) is 0 Å². The van der Waals surface area contributed by atoms with Gasteiger partial charge in [0.1, 0.15) is 12.4 Å². The Morgan fingerprint density at radius 3 is 2.19 bits per heavy atom. The number of nitrogens with one attached hydrogen (secondary N) is 1. The summed E-state index contributed by atoms with van der Waals surface area (Å²) in [6.45, 7) is -0.330. The molecule has 1 aliphatic heterocycles. The maximum Gasteiger partial charge on any atom is 0.262 e. The molecule has 6 heteroatoms. The van der Waals surface area contributed by atoms with E-state index in [4.69, 9.17) is 0 Å². The van der Waals surface area contributed by atoms with Crippen molar-refractivity contribution in [3.05, 3.63) is 59.8 Å². The van der Waals surface area contributed by atoms with Crippen LogP contribution in [0.5, 0.6) is 0 Å². The van der Waals surface area contributed by atoms with E-state index in [0.717, 1.165) is 4.90 Å². The highest BCUT2D eigenvalue weighted by Gasteiger charge is 2.36. The first-order valence-electron chi connectivity index (χ1n) is 6.33. The minimum absolute atomic E-state index is 0.327. The van der Waals surface area contributed by atoms with E-state index in [1.54, 1.807) is 42.5 Å². The summed E-state index contributed by atoms with van der Waals surface area (Å²) in [5.41, 5.74) is 0.654. The van der Waals surface area contributed by atoms with Crippen LogP contribution in [0.1, 0.15) is 20.7 Å². The van der Waals surface area contributed by atoms with Gasteiger partial charge >= 0.3 is 0 Å². The number of hydrogen-bond donors (Lipinski definition) is 1. The lowest BCUT2D eigenvalue weighted by Gasteiger charge is -2.13. The highest BCUT2D eigenvalue weighted by molar-refractivity contribution is 6.22. The Kier molecular flexibility index (Phi) is 3.19. The zero-order valence-corrected chi connectivity index (χ0v) is 10.9. The molecule has 0 aliphatic carbocycles. The van der Waals surface area contributed by atoms with Crippen LogP contribution in [0, 0.1) is 0 Å². The first-order valence-corrected chi connectivity index (χ1v) is 6.33. The van der Waals surface area contributed by atoms with Crippen LogP contribution in [0.4, 0.5) is 5.82 Å². The summed E-state index contributed by atoms with van der Waals surface area (Å²) < 4.78 is 0. The molecule has 0 radical (unpaired) electrons. The van der Waals surface area contributed by atoms with Crippen molar-refractivity contribution < 1.29 is 14.4 Å². The van der Waals surface area contributed by atoms with Crippen molar-refractivity contribution in [1.82, 2.24) is 9.88 Å². The summed E-state index contributed by atoms with van der Waals surface area (Å²) in [6.07, 6.45) is 1.54. The molecular formula is C15H11N3O3. The third-order valence-corrected chi connectivity index (χ3v) is 3.11. The van der Waals surface area contributed by atoms with Crippen molar-refractivity contribution in [3.63, 3.8) is 0 Å². The van der Waals surface area contributed by atoms with Crippen LogP contribution in [0.3, 0.4) is 0 Å². The minimum atomic E-state index is -0.469. The first-order chi connectivity index (χ1) is 10.2. The number of rotatable bonds is 3. The Morgan fingerprint density at radius 1 is 1.00 bits per heavy atom. The number of benzene rings is 1. The Hall–Kier alpha value is -3.02. The standard InChI is InChI=1S/C15H11N3O3/c19-13(17-12-7-3-4-8-16-12)9-18-14(20)10-5-1-2-6-11(10)15(18)21/h1-8H,9H2,(H,16,17,19). The van der Waals surface area contributed by atoms with E-state index in [9.17, 15) is 14.4 Å². The second kappa shape index (κ2) is 5.16. The normalized spacial score (nSPS) is 13.2. The molecule has 1 aliphatic rings. The molecular weight excluding hydrogens is 270 g/mol. The number of carbonyl (C=O) groups is 3. The molecule has 21 heavy (non-hydrogen) atoms. The molecule has 0 unspecified atom stereocenters. The number of pyridine rings is 1. The van der Waals surface area contributed by atoms with Gasteiger partial charge in [0.05, 0.1) is 11.1 Å². The van der Waals surface area contributed by atoms with Gasteiger partial charge in [-0.1, -0.05) is 18.2 Å². The predicted octanol–water partition coefficient (Wildman–Crippen LogP) is 1.32. The topological polar surface area (TPSA) is 79.4 Å². The molecule has 2 heterocycles. The Bertz CT molecular complexity index is 693. The number of fused-ring (bicyclic) bond motifs is 1. The van der Waals surface area contributed by atoms with Gasteiger partial charge in [0.15, 0.2) is 0 Å². The molecule has 0 fully saturated rings. The lowest BCUT2D eigenvalue weighted by molar-refractivity contribution is -0.116. The van der Waals surface area contributed by atoms with Crippen molar-refractivity contribution in [2.45, 2.75) is 0 Å². The number of nitrogens with zero attached hydrogens (tertiary/aromatic N) is 2. The van der Waals surface area contributed by atoms with Gasteiger partial charge in [0.25, 0.3) is 11.8 Å². The molecule has 6 nitrogen and oxygen atoms in total. The Balaban J connectivity index is 1.73. The number of anilines is 1. The van der Waals surface area contributed by atoms with E-state index in [1.165, 1.54) is 6.20 Å². The second-order valence-electron chi connectivity index (χ2n) is 4.51. The fourth-order valence-electron chi connectivity index (χ4n) is 2.15. The lowest BCUT2D eigenvalue weighted by atomic mass is 10.1. The number of hydrogen-bond acceptors (Lipinski definition) is 4. The third kappa shape index (κ3) is 2.38. The largest absolute Gasteiger partial charge is 0.309 e. The van der Waals surface area contributed by atoms with Gasteiger partial charge in [-0.25, -0.2) is 4.98 Å². The molecule has 0 bridgehead atoms. The molecule has 0 atom stereocenters. The summed E-state index contributed by atoms with van der Waals surface area (Å²) in [5.74, 6) is -0.999. The Labute approximate surface area is 120 Å². The van der Waals surface area contributed by atoms with Crippen LogP contribution in [-0.4, -0.2) is 34.2 Å². The smallest absolute Gasteiger partial charge is 0.262 e. The first kappa shape index (κ1) is 13.0. The van der Waals surface area contributed by atoms with Crippen LogP contribution >= 0.6 is 0 Å². The van der Waals surface area contributed by atoms with E-state index >= 15 is 0 Å². The van der Waals surface area contributed by atoms with Crippen LogP contribution < -0.4 is 5.32 Å². The lowest BCUT2D eigenvalue weighted by Crippen LogP contribution is -2.37. The maximum atomic E-state index is 12.1. The highest BCUT2D eigenvalue weighted by Crippen LogP contribution is 2.22. The second-order valence-corrected chi connectivity index (χ2v) is 4.51. The molecule has 0 spiro atoms. The minimum Gasteiger partial charge on any atom is -0.309 e. The van der Waals surface area contributed by atoms with Gasteiger partial charge in [0, 0.05) is 6.20 Å². The predicted molar refractivity (Wildman–Crippen MR) is 74.7 cm³/mol. The molecule has 1 aromatic carbocycles. The number of amides is 3. The molecule has 2 aromatic rings. The molecule has 3 amide bonds. The van der Waals surface area contributed by atoms with Crippen LogP contribution in [0.25, 0.3) is 0 Å². The zero-order chi connectivity index (χ0) is 14.8. The fourth-order valence-corrected chi connectivity index (χ4v) is 2.15. The van der Waals surface area contributed by atoms with Crippen LogP contribution in [0.2, 0.25) is 0 Å². The van der Waals surface area contributed by atoms with E-state index in [2.05, 4.69) is 10.3 Å². The number of carbonyl (C=O) groups excluding carboxylic acids is 3. The number of aromatic nitrogens is 1. The van der Waals surface area contributed by atoms with Crippen molar-refractivity contribution in [3.8, 4) is 0 Å². The van der Waals surface area contributed by atoms with Crippen LogP contribution in [0.15, 0.2) is 48.7 Å². The Morgan fingerprint density at radius 2 is 1.62 bits per heavy atom. The van der Waals surface area contributed by atoms with Gasteiger partial charge in [-0.2, -0.15) is 0 Å². The average Bonchev–Trinajstić information content (AvgIpc) is 2.74. The van der Waals surface area contributed by atoms with Gasteiger partial charge in [0.2, 0.25) is 5.91 Å². The summed E-state index contributed by atoms with van der Waals surface area (Å²) in [6, 6.07) is 11.6. The van der Waals surface area contributed by atoms with E-state index in [0.29, 0.717) is 16.9 Å². The summed E-state index contributed by atoms with van der Waals surface area (Å²) in [4.78, 5) is 41.0. The van der Waals surface area contributed by atoms with Crippen molar-refractivity contribution in [2.24, 2.45) is 0 Å². The highest BCUT2D eigenvalue weighted by atomic mass is 16.2.